The lowest BCUT2D eigenvalue weighted by Gasteiger charge is -2.30. The van der Waals surface area contributed by atoms with E-state index in [-0.39, 0.29) is 11.9 Å². The van der Waals surface area contributed by atoms with Gasteiger partial charge in [0.15, 0.2) is 0 Å². The van der Waals surface area contributed by atoms with Crippen molar-refractivity contribution in [3.63, 3.8) is 0 Å². The normalized spacial score (nSPS) is 25.5. The molecular weight excluding hydrogens is 238 g/mol. The van der Waals surface area contributed by atoms with Gasteiger partial charge in [0.1, 0.15) is 9.84 Å². The Bertz CT molecular complexity index is 314. The summed E-state index contributed by atoms with van der Waals surface area (Å²) in [6.07, 6.45) is 6.35. The zero-order valence-electron chi connectivity index (χ0n) is 10.9. The Morgan fingerprint density at radius 3 is 2.65 bits per heavy atom. The monoisotopic (exact) mass is 263 g/mol. The van der Waals surface area contributed by atoms with Gasteiger partial charge >= 0.3 is 0 Å². The molecule has 0 radical (unpaired) electrons. The van der Waals surface area contributed by atoms with E-state index in [0.717, 1.165) is 25.8 Å². The molecule has 2 atom stereocenters. The molecule has 0 aromatic heterocycles. The first-order chi connectivity index (χ1) is 7.88. The molecular formula is C12H25NO3S. The SMILES string of the molecule is CC(O)CC1CCCCCN1CCS(C)(=O)=O. The number of aliphatic hydroxyl groups excluding tert-OH is 1. The fourth-order valence-corrected chi connectivity index (χ4v) is 3.04. The summed E-state index contributed by atoms with van der Waals surface area (Å²) in [5.41, 5.74) is 0. The lowest BCUT2D eigenvalue weighted by atomic mass is 10.0. The Morgan fingerprint density at radius 2 is 2.06 bits per heavy atom. The van der Waals surface area contributed by atoms with Crippen molar-refractivity contribution in [2.45, 2.75) is 51.2 Å². The maximum Gasteiger partial charge on any atom is 0.148 e. The summed E-state index contributed by atoms with van der Waals surface area (Å²) in [6.45, 7) is 3.38. The van der Waals surface area contributed by atoms with Gasteiger partial charge in [-0.05, 0) is 32.7 Å². The number of likely N-dealkylation sites (tertiary alicyclic amines) is 1. The third kappa shape index (κ3) is 6.38. The molecule has 1 rings (SSSR count). The molecule has 102 valence electrons. The maximum atomic E-state index is 11.2. The Kier molecular flexibility index (Phi) is 5.89. The van der Waals surface area contributed by atoms with Crippen LogP contribution in [0.5, 0.6) is 0 Å². The van der Waals surface area contributed by atoms with Gasteiger partial charge in [0.05, 0.1) is 11.9 Å². The topological polar surface area (TPSA) is 57.6 Å². The summed E-state index contributed by atoms with van der Waals surface area (Å²) >= 11 is 0. The molecule has 4 nitrogen and oxygen atoms in total. The van der Waals surface area contributed by atoms with Crippen molar-refractivity contribution >= 4 is 9.84 Å². The summed E-state index contributed by atoms with van der Waals surface area (Å²) in [7, 11) is -2.89. The van der Waals surface area contributed by atoms with Crippen LogP contribution in [0.2, 0.25) is 0 Å². The smallest absolute Gasteiger partial charge is 0.148 e. The molecule has 0 aliphatic carbocycles. The number of nitrogens with zero attached hydrogens (tertiary/aromatic N) is 1. The van der Waals surface area contributed by atoms with Crippen LogP contribution in [0.4, 0.5) is 0 Å². The lowest BCUT2D eigenvalue weighted by molar-refractivity contribution is 0.116. The predicted molar refractivity (Wildman–Crippen MR) is 69.8 cm³/mol. The molecule has 2 unspecified atom stereocenters. The molecule has 1 heterocycles. The van der Waals surface area contributed by atoms with E-state index in [1.165, 1.54) is 19.1 Å². The molecule has 1 saturated heterocycles. The van der Waals surface area contributed by atoms with Gasteiger partial charge in [0.25, 0.3) is 0 Å². The van der Waals surface area contributed by atoms with Crippen LogP contribution in [0.3, 0.4) is 0 Å². The molecule has 0 bridgehead atoms. The van der Waals surface area contributed by atoms with E-state index in [1.54, 1.807) is 6.92 Å². The Balaban J connectivity index is 2.55. The summed E-state index contributed by atoms with van der Waals surface area (Å²) in [5, 5.41) is 9.50. The molecule has 1 aliphatic rings. The Hall–Kier alpha value is -0.130. The number of aliphatic hydroxyl groups is 1. The van der Waals surface area contributed by atoms with Gasteiger partial charge in [-0.3, -0.25) is 4.90 Å². The van der Waals surface area contributed by atoms with Crippen molar-refractivity contribution in [2.75, 3.05) is 25.1 Å². The molecule has 0 aromatic rings. The first-order valence-electron chi connectivity index (χ1n) is 6.48. The minimum absolute atomic E-state index is 0.226. The highest BCUT2D eigenvalue weighted by atomic mass is 32.2. The first-order valence-corrected chi connectivity index (χ1v) is 8.54. The largest absolute Gasteiger partial charge is 0.393 e. The Morgan fingerprint density at radius 1 is 1.35 bits per heavy atom. The van der Waals surface area contributed by atoms with E-state index in [2.05, 4.69) is 4.90 Å². The van der Waals surface area contributed by atoms with Crippen LogP contribution < -0.4 is 0 Å². The number of rotatable bonds is 5. The van der Waals surface area contributed by atoms with Crippen LogP contribution in [-0.4, -0.2) is 55.7 Å². The van der Waals surface area contributed by atoms with Crippen LogP contribution in [0.25, 0.3) is 0 Å². The molecule has 17 heavy (non-hydrogen) atoms. The van der Waals surface area contributed by atoms with E-state index in [1.807, 2.05) is 0 Å². The van der Waals surface area contributed by atoms with E-state index in [0.29, 0.717) is 12.6 Å². The maximum absolute atomic E-state index is 11.2. The summed E-state index contributed by atoms with van der Waals surface area (Å²) in [4.78, 5) is 2.25. The summed E-state index contributed by atoms with van der Waals surface area (Å²) in [6, 6.07) is 0.347. The van der Waals surface area contributed by atoms with Gasteiger partial charge in [-0.25, -0.2) is 8.42 Å². The fraction of sp³-hybridized carbons (Fsp3) is 1.00. The zero-order chi connectivity index (χ0) is 12.9. The van der Waals surface area contributed by atoms with Crippen molar-refractivity contribution in [1.82, 2.24) is 4.90 Å². The lowest BCUT2D eigenvalue weighted by Crippen LogP contribution is -2.39. The van der Waals surface area contributed by atoms with Crippen LogP contribution in [0, 0.1) is 0 Å². The molecule has 0 spiro atoms. The first kappa shape index (κ1) is 14.9. The van der Waals surface area contributed by atoms with E-state index in [9.17, 15) is 13.5 Å². The average Bonchev–Trinajstić information content (AvgIpc) is 2.38. The van der Waals surface area contributed by atoms with Crippen LogP contribution in [-0.2, 0) is 9.84 Å². The van der Waals surface area contributed by atoms with Gasteiger partial charge in [0.2, 0.25) is 0 Å². The number of hydrogen-bond acceptors (Lipinski definition) is 4. The van der Waals surface area contributed by atoms with Crippen molar-refractivity contribution in [3.05, 3.63) is 0 Å². The van der Waals surface area contributed by atoms with E-state index >= 15 is 0 Å². The fourth-order valence-electron chi connectivity index (χ4n) is 2.47. The molecule has 0 saturated carbocycles. The molecule has 1 aliphatic heterocycles. The van der Waals surface area contributed by atoms with Gasteiger partial charge in [-0.1, -0.05) is 12.8 Å². The summed E-state index contributed by atoms with van der Waals surface area (Å²) < 4.78 is 22.4. The van der Waals surface area contributed by atoms with E-state index in [4.69, 9.17) is 0 Å². The predicted octanol–water partition coefficient (Wildman–Crippen LogP) is 1.05. The highest BCUT2D eigenvalue weighted by molar-refractivity contribution is 7.90. The molecule has 0 aromatic carbocycles. The van der Waals surface area contributed by atoms with Gasteiger partial charge < -0.3 is 5.11 Å². The van der Waals surface area contributed by atoms with Crippen molar-refractivity contribution in [2.24, 2.45) is 0 Å². The Labute approximate surface area is 105 Å². The molecule has 5 heteroatoms. The number of sulfone groups is 1. The standard InChI is InChI=1S/C12H25NO3S/c1-11(14)10-12-6-4-3-5-7-13(12)8-9-17(2,15)16/h11-12,14H,3-10H2,1-2H3. The van der Waals surface area contributed by atoms with Crippen LogP contribution in [0.15, 0.2) is 0 Å². The minimum atomic E-state index is -2.89. The third-order valence-electron chi connectivity index (χ3n) is 3.36. The zero-order valence-corrected chi connectivity index (χ0v) is 11.7. The minimum Gasteiger partial charge on any atom is -0.393 e. The van der Waals surface area contributed by atoms with Gasteiger partial charge in [0, 0.05) is 18.8 Å². The van der Waals surface area contributed by atoms with E-state index < -0.39 is 9.84 Å². The van der Waals surface area contributed by atoms with Gasteiger partial charge in [-0.2, -0.15) is 0 Å². The number of hydrogen-bond donors (Lipinski definition) is 1. The van der Waals surface area contributed by atoms with Gasteiger partial charge in [-0.15, -0.1) is 0 Å². The van der Waals surface area contributed by atoms with Crippen molar-refractivity contribution < 1.29 is 13.5 Å². The van der Waals surface area contributed by atoms with Crippen molar-refractivity contribution in [1.29, 1.82) is 0 Å². The molecule has 1 fully saturated rings. The second-order valence-electron chi connectivity index (χ2n) is 5.25. The second-order valence-corrected chi connectivity index (χ2v) is 7.51. The van der Waals surface area contributed by atoms with Crippen LogP contribution >= 0.6 is 0 Å². The van der Waals surface area contributed by atoms with Crippen molar-refractivity contribution in [3.8, 4) is 0 Å². The quantitative estimate of drug-likeness (QED) is 0.805. The second kappa shape index (κ2) is 6.71. The highest BCUT2D eigenvalue weighted by Gasteiger charge is 2.22. The molecule has 0 amide bonds. The summed E-state index contributed by atoms with van der Waals surface area (Å²) in [5.74, 6) is 0.226. The van der Waals surface area contributed by atoms with Crippen LogP contribution in [0.1, 0.15) is 39.0 Å². The average molecular weight is 263 g/mol. The molecule has 1 N–H and O–H groups in total. The highest BCUT2D eigenvalue weighted by Crippen LogP contribution is 2.20. The third-order valence-corrected chi connectivity index (χ3v) is 4.29.